The lowest BCUT2D eigenvalue weighted by atomic mass is 10.2. The van der Waals surface area contributed by atoms with Crippen LogP contribution in [-0.4, -0.2) is 23.2 Å². The first-order valence-electron chi connectivity index (χ1n) is 8.27. The molecule has 0 aliphatic carbocycles. The lowest BCUT2D eigenvalue weighted by Gasteiger charge is -2.08. The molecule has 0 amide bonds. The molecule has 0 fully saturated rings. The normalized spacial score (nSPS) is 11.6. The highest BCUT2D eigenvalue weighted by molar-refractivity contribution is 7.93. The number of aromatic nitrogens is 3. The van der Waals surface area contributed by atoms with E-state index in [-0.39, 0.29) is 27.8 Å². The largest absolute Gasteiger partial charge is 0.266 e. The number of sulfonamides is 1. The molecule has 6 nitrogen and oxygen atoms in total. The zero-order valence-electron chi connectivity index (χ0n) is 14.4. The fourth-order valence-corrected chi connectivity index (χ4v) is 4.24. The Morgan fingerprint density at radius 3 is 2.68 bits per heavy atom. The van der Waals surface area contributed by atoms with Crippen LogP contribution in [-0.2, 0) is 16.6 Å². The molecule has 1 N–H and O–H groups in total. The molecule has 0 aliphatic heterocycles. The van der Waals surface area contributed by atoms with Gasteiger partial charge in [-0.25, -0.2) is 12.8 Å². The molecule has 4 rings (SSSR count). The number of hydrogen-bond acceptors (Lipinski definition) is 4. The maximum Gasteiger partial charge on any atom is 0.265 e. The van der Waals surface area contributed by atoms with Gasteiger partial charge in [0.15, 0.2) is 5.82 Å². The number of halogens is 2. The molecule has 28 heavy (non-hydrogen) atoms. The summed E-state index contributed by atoms with van der Waals surface area (Å²) in [6, 6.07) is 14.3. The van der Waals surface area contributed by atoms with Crippen molar-refractivity contribution in [3.05, 3.63) is 83.4 Å². The molecular weight excluding hydrogens is 403 g/mol. The smallest absolute Gasteiger partial charge is 0.265 e. The Morgan fingerprint density at radius 2 is 1.86 bits per heavy atom. The van der Waals surface area contributed by atoms with E-state index in [0.717, 1.165) is 0 Å². The highest BCUT2D eigenvalue weighted by Crippen LogP contribution is 2.23. The van der Waals surface area contributed by atoms with Gasteiger partial charge in [0, 0.05) is 34.4 Å². The molecule has 142 valence electrons. The Balaban J connectivity index is 1.61. The number of nitrogens with zero attached hydrogens (tertiary/aromatic N) is 3. The van der Waals surface area contributed by atoms with E-state index in [0.29, 0.717) is 10.9 Å². The Morgan fingerprint density at radius 1 is 1.07 bits per heavy atom. The second-order valence-electron chi connectivity index (χ2n) is 6.04. The van der Waals surface area contributed by atoms with Gasteiger partial charge in [-0.2, -0.15) is 5.10 Å². The van der Waals surface area contributed by atoms with E-state index in [1.165, 1.54) is 35.1 Å². The van der Waals surface area contributed by atoms with Crippen LogP contribution in [0.25, 0.3) is 10.9 Å². The third-order valence-electron chi connectivity index (χ3n) is 4.15. The van der Waals surface area contributed by atoms with Crippen molar-refractivity contribution in [1.82, 2.24) is 14.8 Å². The standard InChI is InChI=1S/C19H14ClFN4O2S/c20-15-6-2-7-16(21)14(15)12-25-11-9-18(23-25)24-28(26,27)17-8-1-4-13-5-3-10-22-19(13)17/h1-11H,12H2,(H,23,24). The number of benzene rings is 2. The predicted octanol–water partition coefficient (Wildman–Crippen LogP) is 4.07. The average molecular weight is 417 g/mol. The van der Waals surface area contributed by atoms with Crippen LogP contribution in [0, 0.1) is 5.82 Å². The zero-order chi connectivity index (χ0) is 19.7. The van der Waals surface area contributed by atoms with Gasteiger partial charge in [0.2, 0.25) is 0 Å². The zero-order valence-corrected chi connectivity index (χ0v) is 16.0. The predicted molar refractivity (Wildman–Crippen MR) is 105 cm³/mol. The van der Waals surface area contributed by atoms with Gasteiger partial charge < -0.3 is 0 Å². The highest BCUT2D eigenvalue weighted by atomic mass is 35.5. The van der Waals surface area contributed by atoms with Crippen LogP contribution in [0.15, 0.2) is 71.9 Å². The minimum Gasteiger partial charge on any atom is -0.266 e. The van der Waals surface area contributed by atoms with E-state index in [1.807, 2.05) is 0 Å². The van der Waals surface area contributed by atoms with Crippen molar-refractivity contribution >= 4 is 38.3 Å². The summed E-state index contributed by atoms with van der Waals surface area (Å²) in [6.07, 6.45) is 3.08. The van der Waals surface area contributed by atoms with Gasteiger partial charge >= 0.3 is 0 Å². The third-order valence-corrected chi connectivity index (χ3v) is 5.89. The maximum absolute atomic E-state index is 13.9. The van der Waals surface area contributed by atoms with Crippen LogP contribution in [0.1, 0.15) is 5.56 Å². The Labute approximate surface area is 165 Å². The van der Waals surface area contributed by atoms with Gasteiger partial charge in [-0.3, -0.25) is 14.4 Å². The molecule has 0 atom stereocenters. The van der Waals surface area contributed by atoms with E-state index in [9.17, 15) is 12.8 Å². The van der Waals surface area contributed by atoms with Gasteiger partial charge in [-0.05, 0) is 24.3 Å². The van der Waals surface area contributed by atoms with E-state index in [4.69, 9.17) is 11.6 Å². The van der Waals surface area contributed by atoms with Crippen LogP contribution in [0.5, 0.6) is 0 Å². The molecule has 2 heterocycles. The fraction of sp³-hybridized carbons (Fsp3) is 0.0526. The van der Waals surface area contributed by atoms with Crippen molar-refractivity contribution < 1.29 is 12.8 Å². The molecule has 0 saturated carbocycles. The summed E-state index contributed by atoms with van der Waals surface area (Å²) < 4.78 is 43.4. The summed E-state index contributed by atoms with van der Waals surface area (Å²) in [5.74, 6) is -0.340. The molecule has 9 heteroatoms. The topological polar surface area (TPSA) is 76.9 Å². The molecule has 2 aromatic carbocycles. The number of rotatable bonds is 5. The van der Waals surface area contributed by atoms with Crippen molar-refractivity contribution in [2.45, 2.75) is 11.4 Å². The first-order chi connectivity index (χ1) is 13.4. The SMILES string of the molecule is O=S(=O)(Nc1ccn(Cc2c(F)cccc2Cl)n1)c1cccc2cccnc12. The van der Waals surface area contributed by atoms with Crippen LogP contribution in [0.4, 0.5) is 10.2 Å². The van der Waals surface area contributed by atoms with Crippen molar-refractivity contribution in [1.29, 1.82) is 0 Å². The van der Waals surface area contributed by atoms with E-state index in [1.54, 1.807) is 36.5 Å². The molecule has 0 bridgehead atoms. The first-order valence-corrected chi connectivity index (χ1v) is 10.1. The quantitative estimate of drug-likeness (QED) is 0.532. The Hall–Kier alpha value is -2.97. The summed E-state index contributed by atoms with van der Waals surface area (Å²) in [7, 11) is -3.90. The molecule has 2 aromatic heterocycles. The number of fused-ring (bicyclic) bond motifs is 1. The van der Waals surface area contributed by atoms with Gasteiger partial charge in [0.1, 0.15) is 10.7 Å². The van der Waals surface area contributed by atoms with Crippen molar-refractivity contribution in [3.63, 3.8) is 0 Å². The van der Waals surface area contributed by atoms with Crippen LogP contribution in [0.2, 0.25) is 5.02 Å². The molecular formula is C19H14ClFN4O2S. The number of anilines is 1. The van der Waals surface area contributed by atoms with Crippen molar-refractivity contribution in [2.24, 2.45) is 0 Å². The van der Waals surface area contributed by atoms with Gasteiger partial charge in [-0.1, -0.05) is 35.9 Å². The summed E-state index contributed by atoms with van der Waals surface area (Å²) >= 11 is 6.03. The van der Waals surface area contributed by atoms with Gasteiger partial charge in [0.05, 0.1) is 12.1 Å². The van der Waals surface area contributed by atoms with Crippen LogP contribution >= 0.6 is 11.6 Å². The molecule has 0 unspecified atom stereocenters. The monoisotopic (exact) mass is 416 g/mol. The number of para-hydroxylation sites is 1. The van der Waals surface area contributed by atoms with Crippen molar-refractivity contribution in [2.75, 3.05) is 4.72 Å². The highest BCUT2D eigenvalue weighted by Gasteiger charge is 2.19. The van der Waals surface area contributed by atoms with Crippen molar-refractivity contribution in [3.8, 4) is 0 Å². The van der Waals surface area contributed by atoms with Gasteiger partial charge in [-0.15, -0.1) is 0 Å². The summed E-state index contributed by atoms with van der Waals surface area (Å²) in [4.78, 5) is 4.22. The third kappa shape index (κ3) is 3.56. The second-order valence-corrected chi connectivity index (χ2v) is 8.09. The number of hydrogen-bond donors (Lipinski definition) is 1. The van der Waals surface area contributed by atoms with E-state index in [2.05, 4.69) is 14.8 Å². The van der Waals surface area contributed by atoms with E-state index < -0.39 is 15.8 Å². The lowest BCUT2D eigenvalue weighted by Crippen LogP contribution is -2.14. The Kier molecular flexibility index (Phi) is 4.74. The number of pyridine rings is 1. The second kappa shape index (κ2) is 7.21. The Bertz CT molecular complexity index is 1250. The van der Waals surface area contributed by atoms with Crippen LogP contribution < -0.4 is 4.72 Å². The minimum absolute atomic E-state index is 0.0531. The summed E-state index contributed by atoms with van der Waals surface area (Å²) in [5.41, 5.74) is 0.648. The lowest BCUT2D eigenvalue weighted by molar-refractivity contribution is 0.585. The van der Waals surface area contributed by atoms with Crippen LogP contribution in [0.3, 0.4) is 0 Å². The molecule has 0 radical (unpaired) electrons. The van der Waals surface area contributed by atoms with E-state index >= 15 is 0 Å². The maximum atomic E-state index is 13.9. The number of nitrogens with one attached hydrogen (secondary N) is 1. The average Bonchev–Trinajstić information content (AvgIpc) is 3.10. The van der Waals surface area contributed by atoms with Gasteiger partial charge in [0.25, 0.3) is 10.0 Å². The minimum atomic E-state index is -3.90. The summed E-state index contributed by atoms with van der Waals surface area (Å²) in [5, 5.41) is 5.15. The molecule has 0 saturated heterocycles. The molecule has 0 spiro atoms. The summed E-state index contributed by atoms with van der Waals surface area (Å²) in [6.45, 7) is 0.0725. The fourth-order valence-electron chi connectivity index (χ4n) is 2.84. The molecule has 4 aromatic rings. The first kappa shape index (κ1) is 18.4. The molecule has 0 aliphatic rings.